The lowest BCUT2D eigenvalue weighted by molar-refractivity contribution is -0.111. The number of benzene rings is 1. The minimum absolute atomic E-state index is 0.489. The van der Waals surface area contributed by atoms with Gasteiger partial charge < -0.3 is 9.53 Å². The van der Waals surface area contributed by atoms with Gasteiger partial charge in [-0.25, -0.2) is 0 Å². The van der Waals surface area contributed by atoms with Gasteiger partial charge in [-0.1, -0.05) is 18.2 Å². The standard InChI is InChI=1S/C12H16O2/c1-9-6-5-7-10(11(9)14-4)12(2,3)8-13/h5-8H,1-4H3. The predicted molar refractivity (Wildman–Crippen MR) is 56.8 cm³/mol. The molecule has 0 aliphatic heterocycles. The lowest BCUT2D eigenvalue weighted by Crippen LogP contribution is -2.20. The molecule has 0 heterocycles. The van der Waals surface area contributed by atoms with Crippen LogP contribution in [0.2, 0.25) is 0 Å². The summed E-state index contributed by atoms with van der Waals surface area (Å²) in [6.45, 7) is 5.75. The highest BCUT2D eigenvalue weighted by Crippen LogP contribution is 2.32. The normalized spacial score (nSPS) is 11.1. The molecule has 0 N–H and O–H groups in total. The molecule has 0 atom stereocenters. The summed E-state index contributed by atoms with van der Waals surface area (Å²) in [5, 5.41) is 0. The number of aldehydes is 1. The molecule has 0 radical (unpaired) electrons. The molecule has 0 amide bonds. The van der Waals surface area contributed by atoms with Gasteiger partial charge in [-0.3, -0.25) is 0 Å². The lowest BCUT2D eigenvalue weighted by Gasteiger charge is -2.21. The van der Waals surface area contributed by atoms with Crippen LogP contribution in [0.3, 0.4) is 0 Å². The van der Waals surface area contributed by atoms with Crippen LogP contribution < -0.4 is 4.74 Å². The van der Waals surface area contributed by atoms with Crippen LogP contribution in [0.5, 0.6) is 5.75 Å². The zero-order chi connectivity index (χ0) is 10.8. The highest BCUT2D eigenvalue weighted by molar-refractivity contribution is 5.69. The van der Waals surface area contributed by atoms with Crippen LogP contribution in [0.4, 0.5) is 0 Å². The maximum absolute atomic E-state index is 11.0. The zero-order valence-electron chi connectivity index (χ0n) is 9.13. The van der Waals surface area contributed by atoms with Gasteiger partial charge in [0.05, 0.1) is 7.11 Å². The molecule has 1 rings (SSSR count). The predicted octanol–water partition coefficient (Wildman–Crippen LogP) is 2.48. The molecular weight excluding hydrogens is 176 g/mol. The Morgan fingerprint density at radius 3 is 2.50 bits per heavy atom. The molecule has 0 bridgehead atoms. The van der Waals surface area contributed by atoms with Crippen LogP contribution in [-0.4, -0.2) is 13.4 Å². The maximum Gasteiger partial charge on any atom is 0.130 e. The summed E-state index contributed by atoms with van der Waals surface area (Å²) >= 11 is 0. The average Bonchev–Trinajstić information content (AvgIpc) is 2.17. The van der Waals surface area contributed by atoms with Crippen molar-refractivity contribution in [2.45, 2.75) is 26.2 Å². The molecule has 0 saturated carbocycles. The summed E-state index contributed by atoms with van der Waals surface area (Å²) in [7, 11) is 1.63. The van der Waals surface area contributed by atoms with Gasteiger partial charge in [0.2, 0.25) is 0 Å². The van der Waals surface area contributed by atoms with Crippen molar-refractivity contribution in [1.82, 2.24) is 0 Å². The van der Waals surface area contributed by atoms with Crippen LogP contribution >= 0.6 is 0 Å². The Balaban J connectivity index is 3.34. The van der Waals surface area contributed by atoms with Crippen LogP contribution in [0.15, 0.2) is 18.2 Å². The van der Waals surface area contributed by atoms with Crippen molar-refractivity contribution >= 4 is 6.29 Å². The molecule has 1 aromatic rings. The summed E-state index contributed by atoms with van der Waals surface area (Å²) in [5.74, 6) is 0.810. The third-order valence-electron chi connectivity index (χ3n) is 2.40. The van der Waals surface area contributed by atoms with Gasteiger partial charge in [0, 0.05) is 11.0 Å². The van der Waals surface area contributed by atoms with Crippen molar-refractivity contribution < 1.29 is 9.53 Å². The van der Waals surface area contributed by atoms with E-state index in [1.54, 1.807) is 7.11 Å². The monoisotopic (exact) mass is 192 g/mol. The fourth-order valence-electron chi connectivity index (χ4n) is 1.49. The second kappa shape index (κ2) is 3.82. The highest BCUT2D eigenvalue weighted by Gasteiger charge is 2.24. The second-order valence-corrected chi connectivity index (χ2v) is 4.00. The second-order valence-electron chi connectivity index (χ2n) is 4.00. The highest BCUT2D eigenvalue weighted by atomic mass is 16.5. The fourth-order valence-corrected chi connectivity index (χ4v) is 1.49. The summed E-state index contributed by atoms with van der Waals surface area (Å²) in [6.07, 6.45) is 0.949. The van der Waals surface area contributed by atoms with Crippen molar-refractivity contribution in [1.29, 1.82) is 0 Å². The molecule has 0 fully saturated rings. The first-order valence-electron chi connectivity index (χ1n) is 4.63. The topological polar surface area (TPSA) is 26.3 Å². The molecular formula is C12H16O2. The van der Waals surface area contributed by atoms with Gasteiger partial charge in [0.15, 0.2) is 0 Å². The number of ether oxygens (including phenoxy) is 1. The first-order chi connectivity index (χ1) is 6.53. The number of methoxy groups -OCH3 is 1. The molecule has 1 aromatic carbocycles. The number of hydrogen-bond donors (Lipinski definition) is 0. The van der Waals surface area contributed by atoms with E-state index >= 15 is 0 Å². The van der Waals surface area contributed by atoms with Crippen molar-refractivity contribution in [3.63, 3.8) is 0 Å². The molecule has 0 aliphatic rings. The van der Waals surface area contributed by atoms with E-state index in [1.165, 1.54) is 0 Å². The summed E-state index contributed by atoms with van der Waals surface area (Å²) in [5.41, 5.74) is 1.51. The lowest BCUT2D eigenvalue weighted by atomic mass is 9.85. The van der Waals surface area contributed by atoms with E-state index in [0.29, 0.717) is 0 Å². The third-order valence-corrected chi connectivity index (χ3v) is 2.40. The van der Waals surface area contributed by atoms with E-state index < -0.39 is 5.41 Å². The minimum Gasteiger partial charge on any atom is -0.496 e. The maximum atomic E-state index is 11.0. The van der Waals surface area contributed by atoms with Gasteiger partial charge in [0.1, 0.15) is 12.0 Å². The Hall–Kier alpha value is -1.31. The minimum atomic E-state index is -0.489. The largest absolute Gasteiger partial charge is 0.496 e. The van der Waals surface area contributed by atoms with E-state index in [2.05, 4.69) is 0 Å². The molecule has 14 heavy (non-hydrogen) atoms. The molecule has 0 spiro atoms. The van der Waals surface area contributed by atoms with Crippen LogP contribution in [0, 0.1) is 6.92 Å². The molecule has 2 heteroatoms. The average molecular weight is 192 g/mol. The van der Waals surface area contributed by atoms with Crippen LogP contribution in [0.1, 0.15) is 25.0 Å². The summed E-state index contributed by atoms with van der Waals surface area (Å²) in [6, 6.07) is 5.85. The molecule has 0 saturated heterocycles. The third kappa shape index (κ3) is 1.79. The first kappa shape index (κ1) is 10.8. The Bertz CT molecular complexity index is 340. The number of carbonyl (C=O) groups is 1. The Kier molecular flexibility index (Phi) is 2.94. The van der Waals surface area contributed by atoms with Gasteiger partial charge in [-0.15, -0.1) is 0 Å². The van der Waals surface area contributed by atoms with E-state index in [9.17, 15) is 4.79 Å². The summed E-state index contributed by atoms with van der Waals surface area (Å²) in [4.78, 5) is 11.0. The molecule has 0 unspecified atom stereocenters. The number of rotatable bonds is 3. The first-order valence-corrected chi connectivity index (χ1v) is 4.63. The van der Waals surface area contributed by atoms with Gasteiger partial charge in [0.25, 0.3) is 0 Å². The Morgan fingerprint density at radius 1 is 1.36 bits per heavy atom. The van der Waals surface area contributed by atoms with Crippen LogP contribution in [0.25, 0.3) is 0 Å². The van der Waals surface area contributed by atoms with Crippen molar-refractivity contribution in [2.24, 2.45) is 0 Å². The number of aryl methyl sites for hydroxylation is 1. The quantitative estimate of drug-likeness (QED) is 0.688. The summed E-state index contributed by atoms with van der Waals surface area (Å²) < 4.78 is 5.31. The van der Waals surface area contributed by atoms with E-state index in [1.807, 2.05) is 39.0 Å². The van der Waals surface area contributed by atoms with Crippen molar-refractivity contribution in [3.8, 4) is 5.75 Å². The Labute approximate surface area is 84.9 Å². The molecule has 0 aliphatic carbocycles. The van der Waals surface area contributed by atoms with E-state index in [-0.39, 0.29) is 0 Å². The number of carbonyl (C=O) groups excluding carboxylic acids is 1. The van der Waals surface area contributed by atoms with E-state index in [0.717, 1.165) is 23.2 Å². The Morgan fingerprint density at radius 2 is 2.00 bits per heavy atom. The molecule has 2 nitrogen and oxygen atoms in total. The van der Waals surface area contributed by atoms with Crippen molar-refractivity contribution in [2.75, 3.05) is 7.11 Å². The van der Waals surface area contributed by atoms with E-state index in [4.69, 9.17) is 4.74 Å². The van der Waals surface area contributed by atoms with Gasteiger partial charge in [-0.05, 0) is 26.3 Å². The van der Waals surface area contributed by atoms with Gasteiger partial charge in [-0.2, -0.15) is 0 Å². The SMILES string of the molecule is COc1c(C)cccc1C(C)(C)C=O. The smallest absolute Gasteiger partial charge is 0.130 e. The zero-order valence-corrected chi connectivity index (χ0v) is 9.13. The number of para-hydroxylation sites is 1. The van der Waals surface area contributed by atoms with Crippen molar-refractivity contribution in [3.05, 3.63) is 29.3 Å². The van der Waals surface area contributed by atoms with Crippen LogP contribution in [-0.2, 0) is 10.2 Å². The molecule has 76 valence electrons. The van der Waals surface area contributed by atoms with Gasteiger partial charge >= 0.3 is 0 Å². The molecule has 0 aromatic heterocycles. The fraction of sp³-hybridized carbons (Fsp3) is 0.417. The number of hydrogen-bond acceptors (Lipinski definition) is 2.